The van der Waals surface area contributed by atoms with Gasteiger partial charge < -0.3 is 30.3 Å². The zero-order valence-electron chi connectivity index (χ0n) is 23.6. The number of halogens is 1. The SMILES string of the molecule is CCOC(CN1C(=O)C(CC(=O)Nc2ccc(C)cc2)(NC(=O)Nc2ccc(C)cc2)c2cc(Br)ccc21)OCC. The molecular formula is C31H35BrN4O5. The molecule has 4 amide bonds. The van der Waals surface area contributed by atoms with E-state index in [4.69, 9.17) is 9.47 Å². The third-order valence-corrected chi connectivity index (χ3v) is 7.25. The van der Waals surface area contributed by atoms with E-state index in [0.29, 0.717) is 40.3 Å². The summed E-state index contributed by atoms with van der Waals surface area (Å²) in [6, 6.07) is 19.4. The van der Waals surface area contributed by atoms with Crippen molar-refractivity contribution in [3.05, 3.63) is 87.9 Å². The van der Waals surface area contributed by atoms with Gasteiger partial charge in [0.25, 0.3) is 5.91 Å². The van der Waals surface area contributed by atoms with Gasteiger partial charge in [0, 0.05) is 34.6 Å². The minimum atomic E-state index is -1.70. The third-order valence-electron chi connectivity index (χ3n) is 6.75. The number of fused-ring (bicyclic) bond motifs is 1. The van der Waals surface area contributed by atoms with Crippen LogP contribution in [0.25, 0.3) is 0 Å². The zero-order valence-corrected chi connectivity index (χ0v) is 25.2. The minimum Gasteiger partial charge on any atom is -0.351 e. The maximum absolute atomic E-state index is 14.4. The number of amides is 4. The molecule has 3 aromatic carbocycles. The summed E-state index contributed by atoms with van der Waals surface area (Å²) in [6.45, 7) is 8.46. The Bertz CT molecular complexity index is 1330. The smallest absolute Gasteiger partial charge is 0.320 e. The van der Waals surface area contributed by atoms with Crippen LogP contribution in [0.15, 0.2) is 71.2 Å². The standard InChI is InChI=1S/C31H35BrN4O5/c1-5-40-28(41-6-2)19-36-26-16-11-22(32)17-25(26)31(29(36)38,18-27(37)33-23-12-7-20(3)8-13-23)35-30(39)34-24-14-9-21(4)10-15-24/h7-17,28H,5-6,18-19H2,1-4H3,(H,33,37)(H2,34,35,39). The summed E-state index contributed by atoms with van der Waals surface area (Å²) in [5.41, 5.74) is 2.57. The molecule has 0 aliphatic carbocycles. The summed E-state index contributed by atoms with van der Waals surface area (Å²) in [7, 11) is 0. The monoisotopic (exact) mass is 622 g/mol. The van der Waals surface area contributed by atoms with Crippen LogP contribution in [0.4, 0.5) is 21.9 Å². The van der Waals surface area contributed by atoms with E-state index in [1.165, 1.54) is 4.90 Å². The molecule has 0 spiro atoms. The van der Waals surface area contributed by atoms with Crippen molar-refractivity contribution in [2.24, 2.45) is 0 Å². The van der Waals surface area contributed by atoms with Crippen LogP contribution >= 0.6 is 15.9 Å². The molecule has 0 aromatic heterocycles. The van der Waals surface area contributed by atoms with Gasteiger partial charge in [0.05, 0.1) is 18.7 Å². The van der Waals surface area contributed by atoms with Crippen LogP contribution in [-0.4, -0.2) is 43.9 Å². The lowest BCUT2D eigenvalue weighted by Gasteiger charge is -2.30. The molecule has 3 N–H and O–H groups in total. The zero-order chi connectivity index (χ0) is 29.6. The average molecular weight is 624 g/mol. The minimum absolute atomic E-state index is 0.0811. The van der Waals surface area contributed by atoms with Gasteiger partial charge in [-0.25, -0.2) is 4.79 Å². The van der Waals surface area contributed by atoms with E-state index in [0.717, 1.165) is 11.1 Å². The highest BCUT2D eigenvalue weighted by atomic mass is 79.9. The molecular weight excluding hydrogens is 588 g/mol. The van der Waals surface area contributed by atoms with E-state index < -0.39 is 29.7 Å². The summed E-state index contributed by atoms with van der Waals surface area (Å²) in [4.78, 5) is 42.8. The number of anilines is 3. The van der Waals surface area contributed by atoms with Crippen LogP contribution in [0.2, 0.25) is 0 Å². The largest absolute Gasteiger partial charge is 0.351 e. The highest BCUT2D eigenvalue weighted by Gasteiger charge is 2.54. The molecule has 0 saturated heterocycles. The maximum atomic E-state index is 14.4. The van der Waals surface area contributed by atoms with Crippen LogP contribution in [0.5, 0.6) is 0 Å². The number of benzene rings is 3. The second-order valence-corrected chi connectivity index (χ2v) is 10.8. The molecule has 1 unspecified atom stereocenters. The fraction of sp³-hybridized carbons (Fsp3) is 0.323. The summed E-state index contributed by atoms with van der Waals surface area (Å²) in [5.74, 6) is -0.898. The van der Waals surface area contributed by atoms with Crippen molar-refractivity contribution in [2.75, 3.05) is 35.3 Å². The maximum Gasteiger partial charge on any atom is 0.320 e. The van der Waals surface area contributed by atoms with Crippen molar-refractivity contribution < 1.29 is 23.9 Å². The number of carbonyl (C=O) groups excluding carboxylic acids is 3. The molecule has 0 fully saturated rings. The summed E-state index contributed by atoms with van der Waals surface area (Å²) < 4.78 is 12.2. The number of carbonyl (C=O) groups is 3. The van der Waals surface area contributed by atoms with Gasteiger partial charge in [0.15, 0.2) is 11.8 Å². The molecule has 3 aromatic rings. The lowest BCUT2D eigenvalue weighted by atomic mass is 9.87. The molecule has 1 atom stereocenters. The van der Waals surface area contributed by atoms with Gasteiger partial charge in [-0.05, 0) is 70.2 Å². The number of rotatable bonds is 11. The van der Waals surface area contributed by atoms with E-state index in [9.17, 15) is 14.4 Å². The molecule has 10 heteroatoms. The summed E-state index contributed by atoms with van der Waals surface area (Å²) in [6.07, 6.45) is -1.03. The predicted octanol–water partition coefficient (Wildman–Crippen LogP) is 5.86. The van der Waals surface area contributed by atoms with Gasteiger partial charge in [0.2, 0.25) is 5.91 Å². The van der Waals surface area contributed by atoms with Crippen LogP contribution < -0.4 is 20.9 Å². The Morgan fingerprint density at radius 3 is 2.00 bits per heavy atom. The quantitative estimate of drug-likeness (QED) is 0.232. The molecule has 0 radical (unpaired) electrons. The first-order valence-corrected chi connectivity index (χ1v) is 14.3. The Morgan fingerprint density at radius 2 is 1.44 bits per heavy atom. The first kappa shape index (κ1) is 30.2. The second-order valence-electron chi connectivity index (χ2n) is 9.86. The average Bonchev–Trinajstić information content (AvgIpc) is 3.13. The van der Waals surface area contributed by atoms with Gasteiger partial charge in [-0.2, -0.15) is 0 Å². The molecule has 1 aliphatic rings. The number of hydrogen-bond acceptors (Lipinski definition) is 5. The van der Waals surface area contributed by atoms with Crippen LogP contribution in [0.3, 0.4) is 0 Å². The number of nitrogens with zero attached hydrogens (tertiary/aromatic N) is 1. The van der Waals surface area contributed by atoms with Crippen LogP contribution in [0, 0.1) is 13.8 Å². The van der Waals surface area contributed by atoms with E-state index in [1.807, 2.05) is 58.0 Å². The molecule has 0 saturated carbocycles. The molecule has 9 nitrogen and oxygen atoms in total. The fourth-order valence-electron chi connectivity index (χ4n) is 4.81. The van der Waals surface area contributed by atoms with E-state index in [2.05, 4.69) is 31.9 Å². The number of urea groups is 1. The van der Waals surface area contributed by atoms with E-state index in [1.54, 1.807) is 36.4 Å². The Labute approximate surface area is 248 Å². The number of aryl methyl sites for hydroxylation is 2. The molecule has 0 bridgehead atoms. The summed E-state index contributed by atoms with van der Waals surface area (Å²) >= 11 is 3.50. The fourth-order valence-corrected chi connectivity index (χ4v) is 5.17. The lowest BCUT2D eigenvalue weighted by Crippen LogP contribution is -2.56. The molecule has 1 aliphatic heterocycles. The highest BCUT2D eigenvalue weighted by Crippen LogP contribution is 2.44. The van der Waals surface area contributed by atoms with Gasteiger partial charge in [-0.1, -0.05) is 51.3 Å². The van der Waals surface area contributed by atoms with E-state index in [-0.39, 0.29) is 13.0 Å². The number of ether oxygens (including phenoxy) is 2. The Morgan fingerprint density at radius 1 is 0.878 bits per heavy atom. The van der Waals surface area contributed by atoms with Crippen LogP contribution in [-0.2, 0) is 24.6 Å². The first-order valence-electron chi connectivity index (χ1n) is 13.5. The number of nitrogens with one attached hydrogen (secondary N) is 3. The third kappa shape index (κ3) is 7.13. The molecule has 216 valence electrons. The first-order chi connectivity index (χ1) is 19.6. The highest BCUT2D eigenvalue weighted by molar-refractivity contribution is 9.10. The summed E-state index contributed by atoms with van der Waals surface area (Å²) in [5, 5.41) is 8.55. The van der Waals surface area contributed by atoms with Crippen LogP contribution in [0.1, 0.15) is 37.0 Å². The van der Waals surface area contributed by atoms with Crippen molar-refractivity contribution in [3.8, 4) is 0 Å². The predicted molar refractivity (Wildman–Crippen MR) is 163 cm³/mol. The Balaban J connectivity index is 1.72. The van der Waals surface area contributed by atoms with Gasteiger partial charge >= 0.3 is 6.03 Å². The van der Waals surface area contributed by atoms with Gasteiger partial charge in [-0.15, -0.1) is 0 Å². The lowest BCUT2D eigenvalue weighted by molar-refractivity contribution is -0.138. The van der Waals surface area contributed by atoms with Gasteiger partial charge in [0.1, 0.15) is 0 Å². The molecule has 1 heterocycles. The van der Waals surface area contributed by atoms with Crippen molar-refractivity contribution in [2.45, 2.75) is 45.9 Å². The van der Waals surface area contributed by atoms with E-state index >= 15 is 0 Å². The normalized spacial score (nSPS) is 16.0. The topological polar surface area (TPSA) is 109 Å². The van der Waals surface area contributed by atoms with Crippen molar-refractivity contribution >= 4 is 50.8 Å². The molecule has 41 heavy (non-hydrogen) atoms. The Hall–Kier alpha value is -3.73. The van der Waals surface area contributed by atoms with Crippen molar-refractivity contribution in [3.63, 3.8) is 0 Å². The van der Waals surface area contributed by atoms with Gasteiger partial charge in [-0.3, -0.25) is 9.59 Å². The second kappa shape index (κ2) is 13.3. The number of hydrogen-bond donors (Lipinski definition) is 3. The van der Waals surface area contributed by atoms with Crippen molar-refractivity contribution in [1.82, 2.24) is 5.32 Å². The Kier molecular flexibility index (Phi) is 9.80. The van der Waals surface area contributed by atoms with Crippen molar-refractivity contribution in [1.29, 1.82) is 0 Å². The molecule has 4 rings (SSSR count).